The van der Waals surface area contributed by atoms with Crippen LogP contribution in [-0.4, -0.2) is 22.2 Å². The van der Waals surface area contributed by atoms with E-state index in [0.717, 1.165) is 23.4 Å². The zero-order chi connectivity index (χ0) is 12.1. The second kappa shape index (κ2) is 5.65. The average Bonchev–Trinajstić information content (AvgIpc) is 2.51. The summed E-state index contributed by atoms with van der Waals surface area (Å²) in [4.78, 5) is 11.5. The molecule has 16 heavy (non-hydrogen) atoms. The van der Waals surface area contributed by atoms with Crippen LogP contribution in [0.25, 0.3) is 0 Å². The molecule has 0 fully saturated rings. The molecule has 0 unspecified atom stereocenters. The summed E-state index contributed by atoms with van der Waals surface area (Å²) in [5.74, 6) is -0.00368. The molecule has 90 valence electrons. The molecule has 0 aromatic carbocycles. The van der Waals surface area contributed by atoms with Crippen LogP contribution in [0, 0.1) is 13.8 Å². The van der Waals surface area contributed by atoms with Crippen molar-refractivity contribution in [2.24, 2.45) is 5.73 Å². The van der Waals surface area contributed by atoms with Crippen molar-refractivity contribution in [3.8, 4) is 0 Å². The lowest BCUT2D eigenvalue weighted by molar-refractivity contribution is -0.121. The molecule has 5 heteroatoms. The lowest BCUT2D eigenvalue weighted by Gasteiger charge is -2.05. The fourth-order valence-corrected chi connectivity index (χ4v) is 1.64. The minimum atomic E-state index is -0.00368. The van der Waals surface area contributed by atoms with Crippen molar-refractivity contribution in [3.05, 3.63) is 17.0 Å². The van der Waals surface area contributed by atoms with E-state index in [4.69, 9.17) is 5.73 Å². The van der Waals surface area contributed by atoms with E-state index in [1.807, 2.05) is 20.8 Å². The molecule has 1 amide bonds. The van der Waals surface area contributed by atoms with Gasteiger partial charge in [0, 0.05) is 24.3 Å². The Morgan fingerprint density at radius 2 is 2.19 bits per heavy atom. The molecule has 0 spiro atoms. The van der Waals surface area contributed by atoms with Crippen LogP contribution in [0.15, 0.2) is 0 Å². The Balaban J connectivity index is 2.70. The van der Waals surface area contributed by atoms with Crippen LogP contribution >= 0.6 is 0 Å². The molecule has 3 N–H and O–H groups in total. The van der Waals surface area contributed by atoms with E-state index < -0.39 is 0 Å². The number of nitrogens with zero attached hydrogens (tertiary/aromatic N) is 2. The van der Waals surface area contributed by atoms with Gasteiger partial charge in [-0.2, -0.15) is 5.10 Å². The number of nitrogens with one attached hydrogen (secondary N) is 1. The van der Waals surface area contributed by atoms with Gasteiger partial charge in [0.1, 0.15) is 6.54 Å². The number of nitrogens with two attached hydrogens (primary N) is 1. The van der Waals surface area contributed by atoms with Crippen LogP contribution in [0.1, 0.15) is 30.3 Å². The first-order valence-electron chi connectivity index (χ1n) is 5.59. The largest absolute Gasteiger partial charge is 0.355 e. The van der Waals surface area contributed by atoms with Gasteiger partial charge in [-0.3, -0.25) is 9.48 Å². The Kier molecular flexibility index (Phi) is 4.49. The van der Waals surface area contributed by atoms with Crippen molar-refractivity contribution in [2.45, 2.75) is 40.3 Å². The Bertz CT molecular complexity index is 370. The van der Waals surface area contributed by atoms with Gasteiger partial charge >= 0.3 is 0 Å². The first kappa shape index (κ1) is 12.7. The van der Waals surface area contributed by atoms with Crippen LogP contribution in [0.3, 0.4) is 0 Å². The van der Waals surface area contributed by atoms with E-state index in [1.165, 1.54) is 0 Å². The summed E-state index contributed by atoms with van der Waals surface area (Å²) in [6.07, 6.45) is 0.941. The Hall–Kier alpha value is -1.36. The number of hydrogen-bond donors (Lipinski definition) is 2. The van der Waals surface area contributed by atoms with Crippen molar-refractivity contribution < 1.29 is 4.79 Å². The molecule has 0 aliphatic carbocycles. The summed E-state index contributed by atoms with van der Waals surface area (Å²) in [5, 5.41) is 7.13. The molecular formula is C11H20N4O. The van der Waals surface area contributed by atoms with E-state index in [2.05, 4.69) is 10.4 Å². The smallest absolute Gasteiger partial charge is 0.241 e. The molecule has 0 bridgehead atoms. The highest BCUT2D eigenvalue weighted by Gasteiger charge is 2.11. The third-order valence-corrected chi connectivity index (χ3v) is 2.60. The standard InChI is InChI=1S/C11H20N4O/c1-4-5-13-11(16)7-15-9(3)10(6-12)8(2)14-15/h4-7,12H2,1-3H3,(H,13,16). The van der Waals surface area contributed by atoms with E-state index in [-0.39, 0.29) is 12.5 Å². The molecule has 0 atom stereocenters. The van der Waals surface area contributed by atoms with Crippen molar-refractivity contribution >= 4 is 5.91 Å². The van der Waals surface area contributed by atoms with Crippen LogP contribution in [-0.2, 0) is 17.9 Å². The zero-order valence-corrected chi connectivity index (χ0v) is 10.2. The minimum absolute atomic E-state index is 0.00368. The van der Waals surface area contributed by atoms with Gasteiger partial charge in [0.15, 0.2) is 0 Å². The van der Waals surface area contributed by atoms with E-state index >= 15 is 0 Å². The monoisotopic (exact) mass is 224 g/mol. The average molecular weight is 224 g/mol. The Labute approximate surface area is 96.0 Å². The fraction of sp³-hybridized carbons (Fsp3) is 0.636. The van der Waals surface area contributed by atoms with Gasteiger partial charge in [-0.15, -0.1) is 0 Å². The number of rotatable bonds is 5. The van der Waals surface area contributed by atoms with Crippen LogP contribution < -0.4 is 11.1 Å². The topological polar surface area (TPSA) is 72.9 Å². The van der Waals surface area contributed by atoms with Crippen molar-refractivity contribution in [1.29, 1.82) is 0 Å². The number of hydrogen-bond acceptors (Lipinski definition) is 3. The van der Waals surface area contributed by atoms with Crippen LogP contribution in [0.4, 0.5) is 0 Å². The number of carbonyl (C=O) groups is 1. The Morgan fingerprint density at radius 1 is 1.50 bits per heavy atom. The third kappa shape index (κ3) is 2.82. The van der Waals surface area contributed by atoms with Gasteiger partial charge in [0.2, 0.25) is 5.91 Å². The molecule has 0 radical (unpaired) electrons. The van der Waals surface area contributed by atoms with E-state index in [9.17, 15) is 4.79 Å². The molecule has 0 saturated heterocycles. The molecule has 0 aliphatic rings. The van der Waals surface area contributed by atoms with Gasteiger partial charge in [-0.05, 0) is 20.3 Å². The minimum Gasteiger partial charge on any atom is -0.355 e. The molecule has 0 saturated carbocycles. The van der Waals surface area contributed by atoms with Gasteiger partial charge in [0.25, 0.3) is 0 Å². The molecular weight excluding hydrogens is 204 g/mol. The number of carbonyl (C=O) groups excluding carboxylic acids is 1. The lowest BCUT2D eigenvalue weighted by atomic mass is 10.2. The first-order chi connectivity index (χ1) is 7.60. The van der Waals surface area contributed by atoms with Gasteiger partial charge in [-0.1, -0.05) is 6.92 Å². The first-order valence-corrected chi connectivity index (χ1v) is 5.59. The highest BCUT2D eigenvalue weighted by atomic mass is 16.2. The summed E-state index contributed by atoms with van der Waals surface area (Å²) in [6, 6.07) is 0. The Morgan fingerprint density at radius 3 is 2.69 bits per heavy atom. The third-order valence-electron chi connectivity index (χ3n) is 2.60. The maximum Gasteiger partial charge on any atom is 0.241 e. The van der Waals surface area contributed by atoms with Crippen molar-refractivity contribution in [1.82, 2.24) is 15.1 Å². The summed E-state index contributed by atoms with van der Waals surface area (Å²) in [7, 11) is 0. The quantitative estimate of drug-likeness (QED) is 0.764. The lowest BCUT2D eigenvalue weighted by Crippen LogP contribution is -2.28. The summed E-state index contributed by atoms with van der Waals surface area (Å²) >= 11 is 0. The predicted molar refractivity (Wildman–Crippen MR) is 62.9 cm³/mol. The van der Waals surface area contributed by atoms with Gasteiger partial charge < -0.3 is 11.1 Å². The second-order valence-corrected chi connectivity index (χ2v) is 3.86. The molecule has 1 aromatic rings. The summed E-state index contributed by atoms with van der Waals surface area (Å²) in [5.41, 5.74) is 8.54. The van der Waals surface area contributed by atoms with Crippen LogP contribution in [0.2, 0.25) is 0 Å². The number of aryl methyl sites for hydroxylation is 1. The molecule has 0 aliphatic heterocycles. The second-order valence-electron chi connectivity index (χ2n) is 3.86. The van der Waals surface area contributed by atoms with Gasteiger partial charge in [0.05, 0.1) is 5.69 Å². The number of aromatic nitrogens is 2. The van der Waals surface area contributed by atoms with Crippen LogP contribution in [0.5, 0.6) is 0 Å². The van der Waals surface area contributed by atoms with Gasteiger partial charge in [-0.25, -0.2) is 0 Å². The highest BCUT2D eigenvalue weighted by Crippen LogP contribution is 2.11. The molecule has 5 nitrogen and oxygen atoms in total. The summed E-state index contributed by atoms with van der Waals surface area (Å²) < 4.78 is 1.71. The van der Waals surface area contributed by atoms with Crippen molar-refractivity contribution in [3.63, 3.8) is 0 Å². The molecule has 1 heterocycles. The summed E-state index contributed by atoms with van der Waals surface area (Å²) in [6.45, 7) is 7.32. The normalized spacial score (nSPS) is 10.5. The maximum absolute atomic E-state index is 11.5. The highest BCUT2D eigenvalue weighted by molar-refractivity contribution is 5.75. The van der Waals surface area contributed by atoms with E-state index in [0.29, 0.717) is 13.1 Å². The maximum atomic E-state index is 11.5. The molecule has 1 rings (SSSR count). The predicted octanol–water partition coefficient (Wildman–Crippen LogP) is 0.485. The molecule has 1 aromatic heterocycles. The number of amides is 1. The van der Waals surface area contributed by atoms with Crippen molar-refractivity contribution in [2.75, 3.05) is 6.54 Å². The fourth-order valence-electron chi connectivity index (χ4n) is 1.64. The SMILES string of the molecule is CCCNC(=O)Cn1nc(C)c(CN)c1C. The van der Waals surface area contributed by atoms with E-state index in [1.54, 1.807) is 4.68 Å². The zero-order valence-electron chi connectivity index (χ0n) is 10.2.